The van der Waals surface area contributed by atoms with Crippen molar-refractivity contribution in [2.75, 3.05) is 0 Å². The molecule has 0 fully saturated rings. The standard InChI is InChI=1S/C12H8N4O5S/c17-10-8(16(19)20)5-15(12(18)14-10)4-7-6-22-11(13-7)9-2-1-3-21-9/h1-3,5-6H,4H2,(H,14,17,18). The second-order valence-electron chi connectivity index (χ2n) is 4.28. The van der Waals surface area contributed by atoms with Gasteiger partial charge in [0, 0.05) is 5.38 Å². The second-order valence-corrected chi connectivity index (χ2v) is 5.14. The molecular formula is C12H8N4O5S. The Bertz CT molecular complexity index is 937. The van der Waals surface area contributed by atoms with E-state index in [2.05, 4.69) is 4.98 Å². The summed E-state index contributed by atoms with van der Waals surface area (Å²) in [5.74, 6) is 0.594. The minimum absolute atomic E-state index is 0.00760. The Morgan fingerprint density at radius 1 is 1.45 bits per heavy atom. The SMILES string of the molecule is O=c1[nH]c(=O)n(Cc2csc(-c3ccco3)n2)cc1[N+](=O)[O-]. The van der Waals surface area contributed by atoms with Gasteiger partial charge in [-0.2, -0.15) is 0 Å². The summed E-state index contributed by atoms with van der Waals surface area (Å²) in [6.45, 7) is 0.00760. The minimum atomic E-state index is -1.03. The smallest absolute Gasteiger partial charge is 0.350 e. The lowest BCUT2D eigenvalue weighted by Crippen LogP contribution is -2.31. The van der Waals surface area contributed by atoms with E-state index in [4.69, 9.17) is 4.42 Å². The van der Waals surface area contributed by atoms with E-state index in [1.807, 2.05) is 4.98 Å². The maximum Gasteiger partial charge on any atom is 0.350 e. The zero-order chi connectivity index (χ0) is 15.7. The van der Waals surface area contributed by atoms with Gasteiger partial charge in [-0.05, 0) is 12.1 Å². The molecule has 3 aromatic rings. The predicted octanol–water partition coefficient (Wildman–Crippen LogP) is 1.21. The number of hydrogen-bond acceptors (Lipinski definition) is 7. The van der Waals surface area contributed by atoms with Gasteiger partial charge in [0.15, 0.2) is 10.8 Å². The number of nitro groups is 1. The number of aromatic nitrogens is 3. The predicted molar refractivity (Wildman–Crippen MR) is 76.9 cm³/mol. The third-order valence-corrected chi connectivity index (χ3v) is 3.71. The quantitative estimate of drug-likeness (QED) is 0.569. The first-order valence-electron chi connectivity index (χ1n) is 6.01. The lowest BCUT2D eigenvalue weighted by molar-refractivity contribution is -0.386. The van der Waals surface area contributed by atoms with Gasteiger partial charge in [0.1, 0.15) is 0 Å². The molecule has 0 radical (unpaired) electrons. The number of thiazole rings is 1. The van der Waals surface area contributed by atoms with Gasteiger partial charge in [-0.15, -0.1) is 11.3 Å². The van der Waals surface area contributed by atoms with Crippen molar-refractivity contribution in [2.24, 2.45) is 0 Å². The highest BCUT2D eigenvalue weighted by atomic mass is 32.1. The fraction of sp³-hybridized carbons (Fsp3) is 0.0833. The topological polar surface area (TPSA) is 124 Å². The molecule has 0 aliphatic heterocycles. The van der Waals surface area contributed by atoms with Gasteiger partial charge < -0.3 is 4.42 Å². The second kappa shape index (κ2) is 5.41. The van der Waals surface area contributed by atoms with E-state index in [0.717, 1.165) is 10.8 Å². The molecule has 22 heavy (non-hydrogen) atoms. The molecule has 3 heterocycles. The Hall–Kier alpha value is -3.01. The Morgan fingerprint density at radius 2 is 2.27 bits per heavy atom. The molecule has 3 aromatic heterocycles. The van der Waals surface area contributed by atoms with E-state index in [0.29, 0.717) is 16.5 Å². The van der Waals surface area contributed by atoms with E-state index >= 15 is 0 Å². The highest BCUT2D eigenvalue weighted by molar-refractivity contribution is 7.13. The first-order valence-corrected chi connectivity index (χ1v) is 6.89. The number of furan rings is 1. The molecule has 0 unspecified atom stereocenters. The van der Waals surface area contributed by atoms with Crippen LogP contribution in [0.15, 0.2) is 44.0 Å². The fourth-order valence-electron chi connectivity index (χ4n) is 1.81. The van der Waals surface area contributed by atoms with Gasteiger partial charge in [0.2, 0.25) is 0 Å². The third-order valence-electron chi connectivity index (χ3n) is 2.80. The first-order chi connectivity index (χ1) is 10.5. The number of aromatic amines is 1. The van der Waals surface area contributed by atoms with Crippen LogP contribution >= 0.6 is 11.3 Å². The number of H-pyrrole nitrogens is 1. The molecule has 10 heteroatoms. The molecule has 0 aliphatic carbocycles. The van der Waals surface area contributed by atoms with E-state index < -0.39 is 21.9 Å². The van der Waals surface area contributed by atoms with Crippen molar-refractivity contribution in [2.45, 2.75) is 6.54 Å². The van der Waals surface area contributed by atoms with Crippen LogP contribution in [0.4, 0.5) is 5.69 Å². The van der Waals surface area contributed by atoms with Crippen LogP contribution in [0.3, 0.4) is 0 Å². The molecule has 0 spiro atoms. The largest absolute Gasteiger partial charge is 0.462 e. The summed E-state index contributed by atoms with van der Waals surface area (Å²) in [5, 5.41) is 13.1. The summed E-state index contributed by atoms with van der Waals surface area (Å²) in [4.78, 5) is 39.1. The van der Waals surface area contributed by atoms with Gasteiger partial charge in [-0.1, -0.05) is 0 Å². The molecule has 0 bridgehead atoms. The first kappa shape index (κ1) is 13.9. The van der Waals surface area contributed by atoms with Gasteiger partial charge >= 0.3 is 16.9 Å². The number of hydrogen-bond donors (Lipinski definition) is 1. The Morgan fingerprint density at radius 3 is 2.95 bits per heavy atom. The van der Waals surface area contributed by atoms with Crippen LogP contribution in [0.5, 0.6) is 0 Å². The van der Waals surface area contributed by atoms with Crippen LogP contribution in [0.1, 0.15) is 5.69 Å². The zero-order valence-electron chi connectivity index (χ0n) is 10.9. The highest BCUT2D eigenvalue weighted by Gasteiger charge is 2.16. The summed E-state index contributed by atoms with van der Waals surface area (Å²) >= 11 is 1.32. The molecule has 0 saturated heterocycles. The average Bonchev–Trinajstić information content (AvgIpc) is 3.12. The lowest BCUT2D eigenvalue weighted by atomic mass is 10.4. The van der Waals surface area contributed by atoms with Crippen LogP contribution in [0, 0.1) is 10.1 Å². The van der Waals surface area contributed by atoms with Crippen molar-refractivity contribution in [3.8, 4) is 10.8 Å². The van der Waals surface area contributed by atoms with E-state index in [9.17, 15) is 19.7 Å². The molecule has 112 valence electrons. The maximum atomic E-state index is 11.7. The molecule has 9 nitrogen and oxygen atoms in total. The van der Waals surface area contributed by atoms with Crippen molar-refractivity contribution in [3.63, 3.8) is 0 Å². The van der Waals surface area contributed by atoms with Crippen LogP contribution in [-0.2, 0) is 6.54 Å². The zero-order valence-corrected chi connectivity index (χ0v) is 11.7. The van der Waals surface area contributed by atoms with E-state index in [1.165, 1.54) is 17.6 Å². The molecule has 0 aromatic carbocycles. The summed E-state index contributed by atoms with van der Waals surface area (Å²) in [6, 6.07) is 3.48. The maximum absolute atomic E-state index is 11.7. The van der Waals surface area contributed by atoms with E-state index in [1.54, 1.807) is 17.5 Å². The normalized spacial score (nSPS) is 10.7. The molecule has 1 N–H and O–H groups in total. The van der Waals surface area contributed by atoms with Gasteiger partial charge in [-0.3, -0.25) is 24.5 Å². The minimum Gasteiger partial charge on any atom is -0.462 e. The monoisotopic (exact) mass is 320 g/mol. The van der Waals surface area contributed by atoms with Crippen molar-refractivity contribution in [3.05, 3.63) is 66.6 Å². The Labute approximate surface area is 125 Å². The third kappa shape index (κ3) is 2.59. The van der Waals surface area contributed by atoms with Gasteiger partial charge in [0.25, 0.3) is 0 Å². The molecule has 3 rings (SSSR count). The van der Waals surface area contributed by atoms with Crippen molar-refractivity contribution in [1.82, 2.24) is 14.5 Å². The van der Waals surface area contributed by atoms with Crippen molar-refractivity contribution >= 4 is 17.0 Å². The van der Waals surface area contributed by atoms with Crippen LogP contribution in [0.2, 0.25) is 0 Å². The van der Waals surface area contributed by atoms with Crippen LogP contribution in [0.25, 0.3) is 10.8 Å². The van der Waals surface area contributed by atoms with Gasteiger partial charge in [0.05, 0.1) is 29.6 Å². The summed E-state index contributed by atoms with van der Waals surface area (Å²) < 4.78 is 6.24. The number of nitrogens with one attached hydrogen (secondary N) is 1. The summed E-state index contributed by atoms with van der Waals surface area (Å²) in [5.41, 5.74) is -1.93. The van der Waals surface area contributed by atoms with Crippen LogP contribution < -0.4 is 11.2 Å². The molecule has 0 aliphatic rings. The lowest BCUT2D eigenvalue weighted by Gasteiger charge is -2.01. The molecule has 0 saturated carbocycles. The number of nitrogens with zero attached hydrogens (tertiary/aromatic N) is 3. The molecule has 0 amide bonds. The number of rotatable bonds is 4. The Kier molecular flexibility index (Phi) is 3.43. The van der Waals surface area contributed by atoms with Crippen molar-refractivity contribution in [1.29, 1.82) is 0 Å². The van der Waals surface area contributed by atoms with Crippen molar-refractivity contribution < 1.29 is 9.34 Å². The van der Waals surface area contributed by atoms with Gasteiger partial charge in [-0.25, -0.2) is 9.78 Å². The fourth-order valence-corrected chi connectivity index (χ4v) is 2.59. The Balaban J connectivity index is 1.94. The summed E-state index contributed by atoms with van der Waals surface area (Å²) in [7, 11) is 0. The average molecular weight is 320 g/mol. The van der Waals surface area contributed by atoms with E-state index in [-0.39, 0.29) is 6.54 Å². The highest BCUT2D eigenvalue weighted by Crippen LogP contribution is 2.24. The summed E-state index contributed by atoms with van der Waals surface area (Å²) in [6.07, 6.45) is 2.43. The van der Waals surface area contributed by atoms with Crippen LogP contribution in [-0.4, -0.2) is 19.5 Å². The molecular weight excluding hydrogens is 312 g/mol. The molecule has 0 atom stereocenters.